The van der Waals surface area contributed by atoms with E-state index in [1.54, 1.807) is 0 Å². The molecule has 6 heteroatoms. The summed E-state index contributed by atoms with van der Waals surface area (Å²) in [4.78, 5) is 2.73. The van der Waals surface area contributed by atoms with E-state index in [-0.39, 0.29) is 17.7 Å². The van der Waals surface area contributed by atoms with Crippen LogP contribution in [0.25, 0.3) is 10.4 Å². The van der Waals surface area contributed by atoms with Gasteiger partial charge in [0.1, 0.15) is 0 Å². The molecule has 0 amide bonds. The summed E-state index contributed by atoms with van der Waals surface area (Å²) in [5.41, 5.74) is 8.29. The van der Waals surface area contributed by atoms with E-state index in [2.05, 4.69) is 43.9 Å². The monoisotopic (exact) mass is 245 g/mol. The number of nitrogens with zero attached hydrogens (tertiary/aromatic N) is 3. The molecule has 0 aromatic carbocycles. The third-order valence-corrected chi connectivity index (χ3v) is 7.60. The van der Waals surface area contributed by atoms with Crippen LogP contribution >= 0.6 is 0 Å². The number of hydrogen-bond acceptors (Lipinski definition) is 3. The number of aliphatic hydroxyl groups excluding tert-OH is 1. The molecule has 0 aliphatic carbocycles. The van der Waals surface area contributed by atoms with Gasteiger partial charge in [-0.2, -0.15) is 0 Å². The first-order valence-corrected chi connectivity index (χ1v) is 8.45. The zero-order valence-corrected chi connectivity index (χ0v) is 11.9. The van der Waals surface area contributed by atoms with Crippen molar-refractivity contribution < 1.29 is 9.53 Å². The first kappa shape index (κ1) is 15.4. The van der Waals surface area contributed by atoms with Crippen LogP contribution in [0.2, 0.25) is 18.1 Å². The summed E-state index contributed by atoms with van der Waals surface area (Å²) in [6.45, 7) is 11.1. The Balaban J connectivity index is 4.54. The minimum absolute atomic E-state index is 0.0558. The smallest absolute Gasteiger partial charge is 0.192 e. The maximum Gasteiger partial charge on any atom is 0.192 e. The van der Waals surface area contributed by atoms with E-state index in [0.29, 0.717) is 13.0 Å². The van der Waals surface area contributed by atoms with E-state index in [1.165, 1.54) is 0 Å². The minimum atomic E-state index is -1.85. The van der Waals surface area contributed by atoms with Gasteiger partial charge in [-0.15, -0.1) is 0 Å². The predicted molar refractivity (Wildman–Crippen MR) is 67.8 cm³/mol. The lowest BCUT2D eigenvalue weighted by molar-refractivity contribution is 0.146. The molecule has 5 nitrogen and oxygen atoms in total. The van der Waals surface area contributed by atoms with Gasteiger partial charge in [-0.25, -0.2) is 0 Å². The average molecular weight is 245 g/mol. The predicted octanol–water partition coefficient (Wildman–Crippen LogP) is 3.07. The first-order valence-electron chi connectivity index (χ1n) is 5.54. The van der Waals surface area contributed by atoms with Gasteiger partial charge in [0.05, 0.1) is 12.6 Å². The van der Waals surface area contributed by atoms with Gasteiger partial charge in [-0.05, 0) is 30.1 Å². The van der Waals surface area contributed by atoms with Crippen molar-refractivity contribution in [2.75, 3.05) is 13.2 Å². The summed E-state index contributed by atoms with van der Waals surface area (Å²) in [6.07, 6.45) is 0.354. The van der Waals surface area contributed by atoms with E-state index in [9.17, 15) is 0 Å². The van der Waals surface area contributed by atoms with E-state index in [4.69, 9.17) is 15.1 Å². The van der Waals surface area contributed by atoms with Gasteiger partial charge in [0.15, 0.2) is 8.32 Å². The van der Waals surface area contributed by atoms with Gasteiger partial charge in [0.25, 0.3) is 0 Å². The molecule has 1 N–H and O–H groups in total. The molecule has 94 valence electrons. The van der Waals surface area contributed by atoms with Crippen molar-refractivity contribution in [1.82, 2.24) is 0 Å². The molecule has 0 aliphatic heterocycles. The zero-order valence-electron chi connectivity index (χ0n) is 10.9. The lowest BCUT2D eigenvalue weighted by Crippen LogP contribution is -2.44. The number of rotatable bonds is 6. The molecule has 1 atom stereocenters. The summed E-state index contributed by atoms with van der Waals surface area (Å²) in [7, 11) is -1.85. The average Bonchev–Trinajstić information content (AvgIpc) is 2.12. The molecule has 0 rings (SSSR count). The first-order chi connectivity index (χ1) is 7.24. The lowest BCUT2D eigenvalue weighted by atomic mass is 10.2. The standard InChI is InChI=1S/C10H23N3O2Si/c1-10(2,3)16(4,5)15-9(6-7-14)8-12-13-11/h9,14H,6-8H2,1-5H3. The van der Waals surface area contributed by atoms with E-state index >= 15 is 0 Å². The fourth-order valence-corrected chi connectivity index (χ4v) is 2.43. The molecule has 0 aliphatic rings. The highest BCUT2D eigenvalue weighted by Crippen LogP contribution is 2.37. The summed E-state index contributed by atoms with van der Waals surface area (Å²) in [5.74, 6) is 0. The van der Waals surface area contributed by atoms with Crippen LogP contribution < -0.4 is 0 Å². The van der Waals surface area contributed by atoms with Crippen LogP contribution in [0.3, 0.4) is 0 Å². The molecule has 0 aromatic rings. The molecule has 0 fully saturated rings. The van der Waals surface area contributed by atoms with Gasteiger partial charge in [-0.3, -0.25) is 0 Å². The van der Waals surface area contributed by atoms with E-state index < -0.39 is 8.32 Å². The Kier molecular flexibility index (Phi) is 6.03. The maximum absolute atomic E-state index is 8.94. The van der Waals surface area contributed by atoms with Gasteiger partial charge < -0.3 is 9.53 Å². The second kappa shape index (κ2) is 6.25. The Bertz CT molecular complexity index is 257. The van der Waals surface area contributed by atoms with Crippen LogP contribution in [-0.4, -0.2) is 32.7 Å². The highest BCUT2D eigenvalue weighted by atomic mass is 28.4. The molecule has 0 aromatic heterocycles. The van der Waals surface area contributed by atoms with Crippen LogP contribution in [0.1, 0.15) is 27.2 Å². The van der Waals surface area contributed by atoms with Crippen molar-refractivity contribution in [3.8, 4) is 0 Å². The normalized spacial score (nSPS) is 14.4. The van der Waals surface area contributed by atoms with E-state index in [0.717, 1.165) is 0 Å². The molecular formula is C10H23N3O2Si. The number of aliphatic hydroxyl groups is 1. The largest absolute Gasteiger partial charge is 0.414 e. The maximum atomic E-state index is 8.94. The van der Waals surface area contributed by atoms with Gasteiger partial charge in [-0.1, -0.05) is 25.9 Å². The quantitative estimate of drug-likeness (QED) is 0.338. The summed E-state index contributed by atoms with van der Waals surface area (Å²) in [5, 5.41) is 12.6. The minimum Gasteiger partial charge on any atom is -0.414 e. The van der Waals surface area contributed by atoms with Crippen LogP contribution in [-0.2, 0) is 4.43 Å². The summed E-state index contributed by atoms with van der Waals surface area (Å²) in [6, 6.07) is 0. The van der Waals surface area contributed by atoms with Gasteiger partial charge >= 0.3 is 0 Å². The van der Waals surface area contributed by atoms with Gasteiger partial charge in [0, 0.05) is 11.5 Å². The van der Waals surface area contributed by atoms with Crippen LogP contribution in [0.15, 0.2) is 5.11 Å². The molecule has 0 bridgehead atoms. The Labute approximate surface area is 98.6 Å². The van der Waals surface area contributed by atoms with Crippen molar-refractivity contribution in [3.05, 3.63) is 10.4 Å². The summed E-state index contributed by atoms with van der Waals surface area (Å²) >= 11 is 0. The van der Waals surface area contributed by atoms with Gasteiger partial charge in [0.2, 0.25) is 0 Å². The molecule has 0 saturated heterocycles. The van der Waals surface area contributed by atoms with Crippen molar-refractivity contribution >= 4 is 8.32 Å². The highest BCUT2D eigenvalue weighted by Gasteiger charge is 2.38. The van der Waals surface area contributed by atoms with Crippen molar-refractivity contribution in [1.29, 1.82) is 0 Å². The van der Waals surface area contributed by atoms with Crippen molar-refractivity contribution in [2.24, 2.45) is 5.11 Å². The zero-order chi connectivity index (χ0) is 12.8. The molecule has 1 unspecified atom stereocenters. The van der Waals surface area contributed by atoms with Crippen molar-refractivity contribution in [3.63, 3.8) is 0 Å². The molecule has 0 spiro atoms. The Morgan fingerprint density at radius 2 is 2.00 bits per heavy atom. The van der Waals surface area contributed by atoms with Crippen LogP contribution in [0.5, 0.6) is 0 Å². The van der Waals surface area contributed by atoms with Crippen molar-refractivity contribution in [2.45, 2.75) is 51.4 Å². The molecule has 0 radical (unpaired) electrons. The summed E-state index contributed by atoms with van der Waals surface area (Å²) < 4.78 is 6.06. The second-order valence-electron chi connectivity index (χ2n) is 5.43. The fraction of sp³-hybridized carbons (Fsp3) is 1.00. The molecule has 0 heterocycles. The highest BCUT2D eigenvalue weighted by molar-refractivity contribution is 6.74. The van der Waals surface area contributed by atoms with E-state index in [1.807, 2.05) is 0 Å². The fourth-order valence-electron chi connectivity index (χ4n) is 1.05. The third-order valence-electron chi connectivity index (χ3n) is 3.07. The second-order valence-corrected chi connectivity index (χ2v) is 10.2. The third kappa shape index (κ3) is 4.98. The number of hydrogen-bond donors (Lipinski definition) is 1. The molecule has 16 heavy (non-hydrogen) atoms. The van der Waals surface area contributed by atoms with Crippen LogP contribution in [0, 0.1) is 0 Å². The van der Waals surface area contributed by atoms with Crippen LogP contribution in [0.4, 0.5) is 0 Å². The topological polar surface area (TPSA) is 78.2 Å². The Morgan fingerprint density at radius 1 is 1.44 bits per heavy atom. The molecule has 0 saturated carbocycles. The lowest BCUT2D eigenvalue weighted by Gasteiger charge is -2.39. The SMILES string of the molecule is CC(C)(C)[Si](C)(C)OC(CCO)CN=[N+]=[N-]. The Morgan fingerprint density at radius 3 is 2.38 bits per heavy atom. The molecular weight excluding hydrogens is 222 g/mol. The Hall–Kier alpha value is -0.553. The number of azide groups is 1.